The summed E-state index contributed by atoms with van der Waals surface area (Å²) >= 11 is 1.71. The average molecular weight is 353 g/mol. The van der Waals surface area contributed by atoms with Crippen LogP contribution in [0, 0.1) is 6.92 Å². The molecule has 1 aliphatic carbocycles. The number of hydrogen-bond donors (Lipinski definition) is 1. The fourth-order valence-corrected chi connectivity index (χ4v) is 4.81. The molecule has 0 saturated carbocycles. The first-order chi connectivity index (χ1) is 12.2. The van der Waals surface area contributed by atoms with Crippen molar-refractivity contribution in [2.75, 3.05) is 5.32 Å². The van der Waals surface area contributed by atoms with Crippen LogP contribution in [0.1, 0.15) is 41.3 Å². The number of hydrogen-bond acceptors (Lipinski definition) is 4. The Hall–Kier alpha value is -2.14. The molecule has 3 aromatic rings. The van der Waals surface area contributed by atoms with Crippen molar-refractivity contribution in [3.8, 4) is 0 Å². The molecule has 25 heavy (non-hydrogen) atoms. The van der Waals surface area contributed by atoms with Gasteiger partial charge in [-0.1, -0.05) is 29.8 Å². The molecule has 0 spiro atoms. The summed E-state index contributed by atoms with van der Waals surface area (Å²) in [5.41, 5.74) is 3.81. The number of anilines is 1. The van der Waals surface area contributed by atoms with Gasteiger partial charge in [0.05, 0.1) is 5.39 Å². The number of aromatic nitrogens is 2. The Morgan fingerprint density at radius 2 is 1.96 bits per heavy atom. The highest BCUT2D eigenvalue weighted by atomic mass is 32.1. The monoisotopic (exact) mass is 353 g/mol. The topological polar surface area (TPSA) is 46.9 Å². The van der Waals surface area contributed by atoms with Crippen molar-refractivity contribution in [3.05, 3.63) is 56.2 Å². The van der Waals surface area contributed by atoms with E-state index in [0.29, 0.717) is 19.0 Å². The molecule has 2 heterocycles. The van der Waals surface area contributed by atoms with E-state index in [1.165, 1.54) is 34.4 Å². The highest BCUT2D eigenvalue weighted by Crippen LogP contribution is 2.34. The van der Waals surface area contributed by atoms with Crippen LogP contribution in [0.2, 0.25) is 0 Å². The normalized spacial score (nSPS) is 13.8. The van der Waals surface area contributed by atoms with E-state index >= 15 is 0 Å². The molecule has 4 nitrogen and oxygen atoms in total. The Balaban J connectivity index is 1.73. The van der Waals surface area contributed by atoms with Crippen LogP contribution in [-0.2, 0) is 25.9 Å². The molecule has 0 aliphatic heterocycles. The number of rotatable bonds is 4. The van der Waals surface area contributed by atoms with Gasteiger partial charge in [0.25, 0.3) is 5.56 Å². The van der Waals surface area contributed by atoms with Gasteiger partial charge in [-0.25, -0.2) is 4.98 Å². The lowest BCUT2D eigenvalue weighted by molar-refractivity contribution is 0.695. The predicted molar refractivity (Wildman–Crippen MR) is 105 cm³/mol. The number of nitrogens with zero attached hydrogens (tertiary/aromatic N) is 2. The van der Waals surface area contributed by atoms with E-state index in [9.17, 15) is 4.79 Å². The molecule has 5 heteroatoms. The van der Waals surface area contributed by atoms with Crippen molar-refractivity contribution < 1.29 is 0 Å². The molecule has 0 fully saturated rings. The Morgan fingerprint density at radius 3 is 2.72 bits per heavy atom. The van der Waals surface area contributed by atoms with Crippen LogP contribution in [0.15, 0.2) is 29.1 Å². The third kappa shape index (κ3) is 2.97. The predicted octanol–water partition coefficient (Wildman–Crippen LogP) is 4.28. The summed E-state index contributed by atoms with van der Waals surface area (Å²) in [6.07, 6.45) is 4.51. The molecular weight excluding hydrogens is 330 g/mol. The van der Waals surface area contributed by atoms with Gasteiger partial charge in [0.1, 0.15) is 4.83 Å². The fourth-order valence-electron chi connectivity index (χ4n) is 3.55. The van der Waals surface area contributed by atoms with Gasteiger partial charge >= 0.3 is 0 Å². The molecule has 0 bridgehead atoms. The largest absolute Gasteiger partial charge is 0.351 e. The molecule has 0 unspecified atom stereocenters. The van der Waals surface area contributed by atoms with E-state index in [1.807, 2.05) is 6.92 Å². The minimum atomic E-state index is 0.110. The van der Waals surface area contributed by atoms with Crippen LogP contribution in [0.5, 0.6) is 0 Å². The smallest absolute Gasteiger partial charge is 0.263 e. The van der Waals surface area contributed by atoms with Crippen molar-refractivity contribution in [2.45, 2.75) is 52.6 Å². The third-order valence-corrected chi connectivity index (χ3v) is 6.15. The molecule has 0 saturated heterocycles. The highest BCUT2D eigenvalue weighted by Gasteiger charge is 2.21. The van der Waals surface area contributed by atoms with Crippen LogP contribution in [0.3, 0.4) is 0 Å². The van der Waals surface area contributed by atoms with Gasteiger partial charge < -0.3 is 5.32 Å². The number of fused-ring (bicyclic) bond motifs is 3. The number of nitrogens with one attached hydrogen (secondary N) is 1. The molecule has 0 radical (unpaired) electrons. The van der Waals surface area contributed by atoms with Crippen molar-refractivity contribution in [3.63, 3.8) is 0 Å². The van der Waals surface area contributed by atoms with E-state index < -0.39 is 0 Å². The molecule has 4 rings (SSSR count). The fraction of sp³-hybridized carbons (Fsp3) is 0.400. The summed E-state index contributed by atoms with van der Waals surface area (Å²) in [4.78, 5) is 20.1. The summed E-state index contributed by atoms with van der Waals surface area (Å²) < 4.78 is 1.78. The van der Waals surface area contributed by atoms with Gasteiger partial charge in [-0.3, -0.25) is 9.36 Å². The summed E-state index contributed by atoms with van der Waals surface area (Å²) in [6, 6.07) is 8.43. The number of benzene rings is 1. The molecule has 1 aliphatic rings. The number of thiophene rings is 1. The SMILES string of the molecule is CCn1c(NCc2ccc(C)cc2)nc2sc3c(c2c1=O)CCCC3. The zero-order valence-electron chi connectivity index (χ0n) is 14.8. The van der Waals surface area contributed by atoms with E-state index in [4.69, 9.17) is 4.98 Å². The van der Waals surface area contributed by atoms with Crippen molar-refractivity contribution >= 4 is 27.5 Å². The second kappa shape index (κ2) is 6.64. The maximum Gasteiger partial charge on any atom is 0.263 e. The second-order valence-electron chi connectivity index (χ2n) is 6.72. The van der Waals surface area contributed by atoms with Gasteiger partial charge in [0.15, 0.2) is 0 Å². The maximum atomic E-state index is 13.1. The van der Waals surface area contributed by atoms with Gasteiger partial charge in [0.2, 0.25) is 5.95 Å². The highest BCUT2D eigenvalue weighted by molar-refractivity contribution is 7.18. The van der Waals surface area contributed by atoms with Gasteiger partial charge in [0, 0.05) is 18.0 Å². The Labute approximate surface area is 151 Å². The quantitative estimate of drug-likeness (QED) is 0.762. The standard InChI is InChI=1S/C20H23N3OS/c1-3-23-19(24)17-15-6-4-5-7-16(15)25-18(17)22-20(23)21-12-14-10-8-13(2)9-11-14/h8-11H,3-7,12H2,1-2H3,(H,21,22). The first-order valence-electron chi connectivity index (χ1n) is 9.02. The lowest BCUT2D eigenvalue weighted by atomic mass is 9.97. The van der Waals surface area contributed by atoms with Crippen molar-refractivity contribution in [1.29, 1.82) is 0 Å². The maximum absolute atomic E-state index is 13.1. The van der Waals surface area contributed by atoms with E-state index in [2.05, 4.69) is 36.5 Å². The lowest BCUT2D eigenvalue weighted by Gasteiger charge is -2.13. The Morgan fingerprint density at radius 1 is 1.20 bits per heavy atom. The van der Waals surface area contributed by atoms with Crippen LogP contribution in [-0.4, -0.2) is 9.55 Å². The second-order valence-corrected chi connectivity index (χ2v) is 7.80. The van der Waals surface area contributed by atoms with Crippen molar-refractivity contribution in [1.82, 2.24) is 9.55 Å². The minimum absolute atomic E-state index is 0.110. The first kappa shape index (κ1) is 16.3. The van der Waals surface area contributed by atoms with E-state index in [1.54, 1.807) is 15.9 Å². The summed E-state index contributed by atoms with van der Waals surface area (Å²) in [7, 11) is 0. The first-order valence-corrected chi connectivity index (χ1v) is 9.83. The lowest BCUT2D eigenvalue weighted by Crippen LogP contribution is -2.24. The number of aryl methyl sites for hydroxylation is 3. The third-order valence-electron chi connectivity index (χ3n) is 4.96. The van der Waals surface area contributed by atoms with Crippen molar-refractivity contribution in [2.24, 2.45) is 0 Å². The van der Waals surface area contributed by atoms with Gasteiger partial charge in [-0.05, 0) is 50.7 Å². The molecule has 130 valence electrons. The molecule has 0 atom stereocenters. The zero-order chi connectivity index (χ0) is 17.4. The van der Waals surface area contributed by atoms with Crippen LogP contribution < -0.4 is 10.9 Å². The van der Waals surface area contributed by atoms with Crippen LogP contribution in [0.25, 0.3) is 10.2 Å². The van der Waals surface area contributed by atoms with Gasteiger partial charge in [-0.2, -0.15) is 0 Å². The average Bonchev–Trinajstić information content (AvgIpc) is 3.00. The summed E-state index contributed by atoms with van der Waals surface area (Å²) in [5.74, 6) is 0.680. The molecule has 2 aromatic heterocycles. The van der Waals surface area contributed by atoms with E-state index in [0.717, 1.165) is 23.1 Å². The summed E-state index contributed by atoms with van der Waals surface area (Å²) in [6.45, 7) is 5.39. The molecule has 1 N–H and O–H groups in total. The van der Waals surface area contributed by atoms with Crippen LogP contribution >= 0.6 is 11.3 Å². The van der Waals surface area contributed by atoms with Crippen LogP contribution in [0.4, 0.5) is 5.95 Å². The minimum Gasteiger partial charge on any atom is -0.351 e. The molecule has 0 amide bonds. The zero-order valence-corrected chi connectivity index (χ0v) is 15.6. The molecular formula is C20H23N3OS. The molecule has 1 aromatic carbocycles. The van der Waals surface area contributed by atoms with Gasteiger partial charge in [-0.15, -0.1) is 11.3 Å². The Bertz CT molecular complexity index is 969. The summed E-state index contributed by atoms with van der Waals surface area (Å²) in [5, 5.41) is 4.24. The Kier molecular flexibility index (Phi) is 4.34. The van der Waals surface area contributed by atoms with E-state index in [-0.39, 0.29) is 5.56 Å².